The van der Waals surface area contributed by atoms with E-state index in [0.717, 1.165) is 11.3 Å². The molecule has 0 aliphatic carbocycles. The number of aromatic nitrogens is 1. The van der Waals surface area contributed by atoms with Gasteiger partial charge in [-0.15, -0.1) is 0 Å². The number of carbonyl (C=O) groups excluding carboxylic acids is 2. The number of hydrogen-bond donors (Lipinski definition) is 2. The van der Waals surface area contributed by atoms with Crippen LogP contribution < -0.4 is 20.8 Å². The van der Waals surface area contributed by atoms with Crippen molar-refractivity contribution >= 4 is 11.8 Å². The molecule has 0 aliphatic rings. The molecule has 2 rings (SSSR count). The Morgan fingerprint density at radius 3 is 2.10 bits per heavy atom. The molecule has 162 valence electrons. The zero-order valence-corrected chi connectivity index (χ0v) is 18.5. The van der Waals surface area contributed by atoms with Crippen LogP contribution in [0.3, 0.4) is 0 Å². The summed E-state index contributed by atoms with van der Waals surface area (Å²) in [4.78, 5) is 38.2. The van der Waals surface area contributed by atoms with E-state index in [1.807, 2.05) is 58.9 Å². The maximum atomic E-state index is 12.9. The van der Waals surface area contributed by atoms with Crippen LogP contribution in [0.2, 0.25) is 0 Å². The van der Waals surface area contributed by atoms with Crippen molar-refractivity contribution in [3.05, 3.63) is 63.6 Å². The number of benzene rings is 1. The van der Waals surface area contributed by atoms with Gasteiger partial charge in [-0.1, -0.05) is 12.1 Å². The van der Waals surface area contributed by atoms with Crippen LogP contribution in [0.25, 0.3) is 0 Å². The van der Waals surface area contributed by atoms with E-state index >= 15 is 0 Å². The van der Waals surface area contributed by atoms with Crippen LogP contribution in [0, 0.1) is 0 Å². The lowest BCUT2D eigenvalue weighted by Crippen LogP contribution is -2.43. The number of nitrogens with one attached hydrogen (secondary N) is 2. The molecular weight excluding hydrogens is 382 g/mol. The minimum absolute atomic E-state index is 0.0161. The van der Waals surface area contributed by atoms with Gasteiger partial charge in [0.05, 0.1) is 7.11 Å². The highest BCUT2D eigenvalue weighted by Crippen LogP contribution is 2.12. The molecule has 7 heteroatoms. The molecule has 1 aromatic carbocycles. The van der Waals surface area contributed by atoms with E-state index in [1.165, 1.54) is 12.4 Å². The van der Waals surface area contributed by atoms with Crippen LogP contribution in [0.1, 0.15) is 66.9 Å². The Balaban J connectivity index is 2.20. The van der Waals surface area contributed by atoms with Crippen LogP contribution in [0.15, 0.2) is 41.5 Å². The number of methoxy groups -OCH3 is 1. The Morgan fingerprint density at radius 2 is 1.60 bits per heavy atom. The summed E-state index contributed by atoms with van der Waals surface area (Å²) in [5.41, 5.74) is -0.117. The molecule has 7 nitrogen and oxygen atoms in total. The normalized spacial score (nSPS) is 11.3. The average Bonchev–Trinajstić information content (AvgIpc) is 2.67. The van der Waals surface area contributed by atoms with Gasteiger partial charge in [0.15, 0.2) is 0 Å². The fourth-order valence-electron chi connectivity index (χ4n) is 2.84. The van der Waals surface area contributed by atoms with Crippen LogP contribution in [-0.4, -0.2) is 35.6 Å². The van der Waals surface area contributed by atoms with E-state index < -0.39 is 22.8 Å². The van der Waals surface area contributed by atoms with Crippen LogP contribution in [-0.2, 0) is 6.42 Å². The molecule has 30 heavy (non-hydrogen) atoms. The third kappa shape index (κ3) is 6.20. The van der Waals surface area contributed by atoms with Crippen LogP contribution in [0.4, 0.5) is 0 Å². The number of amides is 2. The summed E-state index contributed by atoms with van der Waals surface area (Å²) in [5.74, 6) is -0.217. The highest BCUT2D eigenvalue weighted by atomic mass is 16.5. The summed E-state index contributed by atoms with van der Waals surface area (Å²) in [5, 5.41) is 5.57. The summed E-state index contributed by atoms with van der Waals surface area (Å²) < 4.78 is 6.84. The minimum Gasteiger partial charge on any atom is -0.497 e. The first-order valence-electron chi connectivity index (χ1n) is 10.0. The summed E-state index contributed by atoms with van der Waals surface area (Å²) in [6.45, 7) is 9.71. The number of ether oxygens (including phenoxy) is 1. The molecule has 2 amide bonds. The highest BCUT2D eigenvalue weighted by Gasteiger charge is 2.22. The van der Waals surface area contributed by atoms with Gasteiger partial charge in [-0.2, -0.15) is 0 Å². The van der Waals surface area contributed by atoms with Crippen molar-refractivity contribution in [3.63, 3.8) is 0 Å². The van der Waals surface area contributed by atoms with Crippen LogP contribution in [0.5, 0.6) is 5.75 Å². The van der Waals surface area contributed by atoms with E-state index in [-0.39, 0.29) is 17.2 Å². The Morgan fingerprint density at radius 1 is 1.03 bits per heavy atom. The summed E-state index contributed by atoms with van der Waals surface area (Å²) in [7, 11) is 1.61. The first kappa shape index (κ1) is 23.2. The third-order valence-electron chi connectivity index (χ3n) is 4.48. The Bertz CT molecular complexity index is 954. The van der Waals surface area contributed by atoms with Gasteiger partial charge in [0, 0.05) is 30.5 Å². The van der Waals surface area contributed by atoms with Gasteiger partial charge >= 0.3 is 0 Å². The van der Waals surface area contributed by atoms with Crippen molar-refractivity contribution in [1.29, 1.82) is 0 Å². The lowest BCUT2D eigenvalue weighted by atomic mass is 10.1. The van der Waals surface area contributed by atoms with E-state index in [9.17, 15) is 14.4 Å². The molecule has 2 N–H and O–H groups in total. The second kappa shape index (κ2) is 9.61. The fourth-order valence-corrected chi connectivity index (χ4v) is 2.84. The minimum atomic E-state index is -0.574. The molecule has 0 bridgehead atoms. The predicted molar refractivity (Wildman–Crippen MR) is 117 cm³/mol. The number of rotatable bonds is 7. The Kier molecular flexibility index (Phi) is 7.43. The summed E-state index contributed by atoms with van der Waals surface area (Å²) in [6.07, 6.45) is 3.62. The number of carbonyl (C=O) groups is 2. The van der Waals surface area contributed by atoms with E-state index in [4.69, 9.17) is 4.74 Å². The van der Waals surface area contributed by atoms with Crippen molar-refractivity contribution in [1.82, 2.24) is 15.2 Å². The van der Waals surface area contributed by atoms with Gasteiger partial charge in [0.2, 0.25) is 5.43 Å². The van der Waals surface area contributed by atoms with Gasteiger partial charge in [-0.25, -0.2) is 0 Å². The number of nitrogens with zero attached hydrogens (tertiary/aromatic N) is 1. The van der Waals surface area contributed by atoms with Crippen molar-refractivity contribution in [2.75, 3.05) is 13.7 Å². The topological polar surface area (TPSA) is 89.4 Å². The zero-order valence-electron chi connectivity index (χ0n) is 18.5. The zero-order chi connectivity index (χ0) is 22.5. The monoisotopic (exact) mass is 413 g/mol. The molecule has 0 fully saturated rings. The molecule has 0 radical (unpaired) electrons. The second-order valence-electron chi connectivity index (χ2n) is 8.51. The Labute approximate surface area is 177 Å². The standard InChI is InChI=1S/C23H31N3O4/c1-15(2)26-13-18(20(27)19(14-26)22(29)25-23(3,4)5)21(28)24-12-11-16-7-9-17(30-6)10-8-16/h7-10,13-15H,11-12H2,1-6H3,(H,24,28)(H,25,29). The molecule has 0 atom stereocenters. The summed E-state index contributed by atoms with van der Waals surface area (Å²) >= 11 is 0. The lowest BCUT2D eigenvalue weighted by molar-refractivity contribution is 0.0917. The van der Waals surface area contributed by atoms with Crippen LogP contribution >= 0.6 is 0 Å². The maximum absolute atomic E-state index is 12.9. The largest absolute Gasteiger partial charge is 0.497 e. The molecule has 2 aromatic rings. The first-order valence-corrected chi connectivity index (χ1v) is 10.0. The van der Waals surface area contributed by atoms with E-state index in [1.54, 1.807) is 11.7 Å². The number of pyridine rings is 1. The first-order chi connectivity index (χ1) is 14.0. The molecule has 0 spiro atoms. The highest BCUT2D eigenvalue weighted by molar-refractivity contribution is 5.99. The second-order valence-corrected chi connectivity index (χ2v) is 8.51. The molecule has 0 saturated carbocycles. The SMILES string of the molecule is COc1ccc(CCNC(=O)c2cn(C(C)C)cc(C(=O)NC(C)(C)C)c2=O)cc1. The van der Waals surface area contributed by atoms with Gasteiger partial charge in [0.1, 0.15) is 16.9 Å². The van der Waals surface area contributed by atoms with Gasteiger partial charge in [-0.3, -0.25) is 14.4 Å². The van der Waals surface area contributed by atoms with Gasteiger partial charge < -0.3 is 19.9 Å². The maximum Gasteiger partial charge on any atom is 0.257 e. The molecule has 0 saturated heterocycles. The van der Waals surface area contributed by atoms with E-state index in [2.05, 4.69) is 10.6 Å². The predicted octanol–water partition coefficient (Wildman–Crippen LogP) is 2.94. The molecule has 0 unspecified atom stereocenters. The van der Waals surface area contributed by atoms with Gasteiger partial charge in [-0.05, 0) is 58.7 Å². The van der Waals surface area contributed by atoms with Crippen molar-refractivity contribution in [2.24, 2.45) is 0 Å². The van der Waals surface area contributed by atoms with Crippen molar-refractivity contribution in [3.8, 4) is 5.75 Å². The van der Waals surface area contributed by atoms with Crippen molar-refractivity contribution in [2.45, 2.75) is 52.6 Å². The Hall–Kier alpha value is -3.09. The third-order valence-corrected chi connectivity index (χ3v) is 4.48. The molecule has 1 aromatic heterocycles. The van der Waals surface area contributed by atoms with Gasteiger partial charge in [0.25, 0.3) is 11.8 Å². The van der Waals surface area contributed by atoms with E-state index in [0.29, 0.717) is 13.0 Å². The summed E-state index contributed by atoms with van der Waals surface area (Å²) in [6, 6.07) is 7.55. The molecule has 0 aliphatic heterocycles. The average molecular weight is 414 g/mol. The van der Waals surface area contributed by atoms with Crippen molar-refractivity contribution < 1.29 is 14.3 Å². The lowest BCUT2D eigenvalue weighted by Gasteiger charge is -2.21. The molecule has 1 heterocycles. The number of hydrogen-bond acceptors (Lipinski definition) is 4. The quantitative estimate of drug-likeness (QED) is 0.730. The smallest absolute Gasteiger partial charge is 0.257 e. The molecular formula is C23H31N3O4. The fraction of sp³-hybridized carbons (Fsp3) is 0.435.